The van der Waals surface area contributed by atoms with Crippen molar-refractivity contribution in [3.05, 3.63) is 102 Å². The predicted molar refractivity (Wildman–Crippen MR) is 150 cm³/mol. The molecule has 0 aliphatic carbocycles. The fraction of sp³-hybridized carbons (Fsp3) is 0.194. The van der Waals surface area contributed by atoms with Gasteiger partial charge in [0.2, 0.25) is 5.91 Å². The zero-order valence-electron chi connectivity index (χ0n) is 21.0. The first-order valence-electron chi connectivity index (χ1n) is 13.0. The maximum atomic E-state index is 13.2. The smallest absolute Gasteiger partial charge is 0.258 e. The molecule has 38 heavy (non-hydrogen) atoms. The quantitative estimate of drug-likeness (QED) is 0.275. The molecule has 0 radical (unpaired) electrons. The summed E-state index contributed by atoms with van der Waals surface area (Å²) >= 11 is 0. The summed E-state index contributed by atoms with van der Waals surface area (Å²) in [4.78, 5) is 34.3. The molecular weight excluding hydrogens is 474 g/mol. The van der Waals surface area contributed by atoms with Crippen LogP contribution >= 0.6 is 0 Å². The number of fused-ring (bicyclic) bond motifs is 1. The minimum atomic E-state index is -0.124. The van der Waals surface area contributed by atoms with Gasteiger partial charge in [0.15, 0.2) is 0 Å². The van der Waals surface area contributed by atoms with Gasteiger partial charge >= 0.3 is 0 Å². The maximum absolute atomic E-state index is 13.2. The molecule has 4 aromatic rings. The van der Waals surface area contributed by atoms with Gasteiger partial charge in [0.25, 0.3) is 5.91 Å². The van der Waals surface area contributed by atoms with Gasteiger partial charge in [-0.3, -0.25) is 9.59 Å². The fourth-order valence-electron chi connectivity index (χ4n) is 5.18. The van der Waals surface area contributed by atoms with E-state index in [0.717, 1.165) is 71.8 Å². The van der Waals surface area contributed by atoms with E-state index in [1.165, 1.54) is 5.56 Å². The van der Waals surface area contributed by atoms with E-state index in [0.29, 0.717) is 12.0 Å². The van der Waals surface area contributed by atoms with Crippen molar-refractivity contribution in [2.24, 2.45) is 0 Å². The Balaban J connectivity index is 1.28. The molecule has 1 fully saturated rings. The number of aryl methyl sites for hydroxylation is 1. The minimum absolute atomic E-state index is 0.124. The first-order valence-corrected chi connectivity index (χ1v) is 13.0. The topological polar surface area (TPSA) is 90.1 Å². The van der Waals surface area contributed by atoms with Crippen LogP contribution in [0.3, 0.4) is 0 Å². The third-order valence-electron chi connectivity index (χ3n) is 7.18. The molecule has 1 saturated heterocycles. The molecule has 2 amide bonds. The lowest BCUT2D eigenvalue weighted by atomic mass is 9.98. The fourth-order valence-corrected chi connectivity index (χ4v) is 5.18. The number of anilines is 2. The summed E-state index contributed by atoms with van der Waals surface area (Å²) in [6, 6.07) is 24.1. The number of aromatic nitrogens is 2. The number of hydrogen-bond donors (Lipinski definition) is 3. The van der Waals surface area contributed by atoms with Gasteiger partial charge in [-0.05, 0) is 48.6 Å². The molecule has 1 aromatic heterocycles. The average Bonchev–Trinajstić information content (AvgIpc) is 3.69. The van der Waals surface area contributed by atoms with Crippen LogP contribution in [0, 0.1) is 0 Å². The number of carbonyl (C=O) groups is 2. The van der Waals surface area contributed by atoms with Crippen molar-refractivity contribution in [2.75, 3.05) is 23.7 Å². The monoisotopic (exact) mass is 503 g/mol. The van der Waals surface area contributed by atoms with Gasteiger partial charge in [0.05, 0.1) is 23.3 Å². The molecular formula is C31H29N5O2. The Morgan fingerprint density at radius 2 is 1.79 bits per heavy atom. The number of rotatable bonds is 8. The Labute approximate surface area is 221 Å². The second-order valence-corrected chi connectivity index (χ2v) is 9.69. The molecule has 190 valence electrons. The van der Waals surface area contributed by atoms with E-state index in [2.05, 4.69) is 44.9 Å². The van der Waals surface area contributed by atoms with Gasteiger partial charge in [-0.25, -0.2) is 4.98 Å². The molecule has 3 aromatic carbocycles. The highest BCUT2D eigenvalue weighted by Crippen LogP contribution is 2.37. The normalized spacial score (nSPS) is 15.9. The molecule has 3 N–H and O–H groups in total. The van der Waals surface area contributed by atoms with Gasteiger partial charge in [0.1, 0.15) is 0 Å². The molecule has 0 spiro atoms. The highest BCUT2D eigenvalue weighted by molar-refractivity contribution is 6.37. The van der Waals surface area contributed by atoms with Crippen LogP contribution in [-0.2, 0) is 16.0 Å². The second-order valence-electron chi connectivity index (χ2n) is 9.69. The van der Waals surface area contributed by atoms with Gasteiger partial charge in [-0.2, -0.15) is 0 Å². The summed E-state index contributed by atoms with van der Waals surface area (Å²) in [5.74, 6) is 0.149. The van der Waals surface area contributed by atoms with Crippen LogP contribution in [0.25, 0.3) is 22.5 Å². The third kappa shape index (κ3) is 4.83. The predicted octanol–water partition coefficient (Wildman–Crippen LogP) is 5.56. The summed E-state index contributed by atoms with van der Waals surface area (Å²) < 4.78 is 0. The number of hydrogen-bond acceptors (Lipinski definition) is 4. The summed E-state index contributed by atoms with van der Waals surface area (Å²) in [7, 11) is 0. The molecule has 3 heterocycles. The summed E-state index contributed by atoms with van der Waals surface area (Å²) in [6.07, 6.45) is 7.02. The lowest BCUT2D eigenvalue weighted by molar-refractivity contribution is -0.127. The minimum Gasteiger partial charge on any atom is -0.354 e. The number of aromatic amines is 1. The number of nitrogens with zero attached hydrogens (tertiary/aromatic N) is 2. The summed E-state index contributed by atoms with van der Waals surface area (Å²) in [6.45, 7) is 1.69. The maximum Gasteiger partial charge on any atom is 0.258 e. The lowest BCUT2D eigenvalue weighted by Gasteiger charge is -2.16. The van der Waals surface area contributed by atoms with Gasteiger partial charge in [-0.15, -0.1) is 0 Å². The van der Waals surface area contributed by atoms with Crippen molar-refractivity contribution in [3.8, 4) is 11.3 Å². The second kappa shape index (κ2) is 10.4. The van der Waals surface area contributed by atoms with Crippen molar-refractivity contribution in [1.82, 2.24) is 14.9 Å². The number of H-pyrrole nitrogens is 1. The van der Waals surface area contributed by atoms with E-state index in [1.54, 1.807) is 6.33 Å². The van der Waals surface area contributed by atoms with Crippen LogP contribution in [-0.4, -0.2) is 39.8 Å². The van der Waals surface area contributed by atoms with Crippen LogP contribution in [0.2, 0.25) is 0 Å². The Hall–Kier alpha value is -4.65. The highest BCUT2D eigenvalue weighted by atomic mass is 16.2. The third-order valence-corrected chi connectivity index (χ3v) is 7.18. The van der Waals surface area contributed by atoms with Crippen LogP contribution in [0.15, 0.2) is 85.3 Å². The number of amides is 2. The van der Waals surface area contributed by atoms with Crippen molar-refractivity contribution in [1.29, 1.82) is 0 Å². The number of carbonyl (C=O) groups excluding carboxylic acids is 2. The number of nitrogens with one attached hydrogen (secondary N) is 3. The SMILES string of the molecule is O=C1Nc2ccccc2C1=C(Nc1ccc(-c2c[nH]cn2)cc1)c1ccc(CCCN2CCCC2=O)cc1. The number of para-hydroxylation sites is 1. The van der Waals surface area contributed by atoms with Gasteiger partial charge in [-0.1, -0.05) is 54.6 Å². The number of likely N-dealkylation sites (tertiary alicyclic amines) is 1. The van der Waals surface area contributed by atoms with Gasteiger partial charge in [0, 0.05) is 48.2 Å². The Bertz CT molecular complexity index is 1490. The summed E-state index contributed by atoms with van der Waals surface area (Å²) in [5.41, 5.74) is 7.99. The first-order chi connectivity index (χ1) is 18.7. The van der Waals surface area contributed by atoms with Crippen molar-refractivity contribution in [2.45, 2.75) is 25.7 Å². The Kier molecular flexibility index (Phi) is 6.48. The molecule has 2 aliphatic heterocycles. The Morgan fingerprint density at radius 1 is 0.974 bits per heavy atom. The first kappa shape index (κ1) is 23.7. The van der Waals surface area contributed by atoms with Crippen LogP contribution in [0.1, 0.15) is 36.0 Å². The number of benzene rings is 3. The zero-order chi connectivity index (χ0) is 25.9. The van der Waals surface area contributed by atoms with Crippen molar-refractivity contribution >= 4 is 34.5 Å². The van der Waals surface area contributed by atoms with E-state index in [9.17, 15) is 9.59 Å². The molecule has 2 aliphatic rings. The highest BCUT2D eigenvalue weighted by Gasteiger charge is 2.28. The molecule has 0 bridgehead atoms. The van der Waals surface area contributed by atoms with E-state index < -0.39 is 0 Å². The molecule has 0 unspecified atom stereocenters. The molecule has 0 saturated carbocycles. The number of imidazole rings is 1. The standard InChI is InChI=1S/C31H29N5O2/c37-28-8-4-18-36(28)17-3-5-21-9-11-23(12-10-21)30(29-25-6-1-2-7-26(25)35-31(29)38)34-24-15-13-22(14-16-24)27-19-32-20-33-27/h1-2,6-7,9-16,19-20,34H,3-5,8,17-18H2,(H,32,33)(H,35,38). The Morgan fingerprint density at radius 3 is 2.53 bits per heavy atom. The van der Waals surface area contributed by atoms with E-state index in [-0.39, 0.29) is 11.8 Å². The van der Waals surface area contributed by atoms with Crippen molar-refractivity contribution in [3.63, 3.8) is 0 Å². The van der Waals surface area contributed by atoms with Crippen LogP contribution in [0.5, 0.6) is 0 Å². The van der Waals surface area contributed by atoms with Crippen LogP contribution in [0.4, 0.5) is 11.4 Å². The zero-order valence-corrected chi connectivity index (χ0v) is 21.0. The van der Waals surface area contributed by atoms with Gasteiger partial charge < -0.3 is 20.5 Å². The molecule has 7 nitrogen and oxygen atoms in total. The van der Waals surface area contributed by atoms with E-state index in [4.69, 9.17) is 0 Å². The average molecular weight is 504 g/mol. The van der Waals surface area contributed by atoms with E-state index in [1.807, 2.05) is 59.6 Å². The summed E-state index contributed by atoms with van der Waals surface area (Å²) in [5, 5.41) is 6.53. The van der Waals surface area contributed by atoms with Crippen molar-refractivity contribution < 1.29 is 9.59 Å². The largest absolute Gasteiger partial charge is 0.354 e. The molecule has 0 atom stereocenters. The lowest BCUT2D eigenvalue weighted by Crippen LogP contribution is -2.25. The van der Waals surface area contributed by atoms with Crippen LogP contribution < -0.4 is 10.6 Å². The molecule has 6 rings (SSSR count). The molecule has 7 heteroatoms. The van der Waals surface area contributed by atoms with E-state index >= 15 is 0 Å².